The minimum Gasteiger partial charge on any atom is -0.379 e. The zero-order chi connectivity index (χ0) is 13.7. The molecule has 1 unspecified atom stereocenters. The molecule has 100 valence electrons. The third-order valence-corrected chi connectivity index (χ3v) is 3.50. The maximum atomic E-state index is 5.90. The van der Waals surface area contributed by atoms with Gasteiger partial charge in [-0.2, -0.15) is 0 Å². The van der Waals surface area contributed by atoms with E-state index < -0.39 is 0 Å². The maximum absolute atomic E-state index is 5.90. The van der Waals surface area contributed by atoms with Crippen LogP contribution in [0.4, 0.5) is 5.69 Å². The predicted molar refractivity (Wildman–Crippen MR) is 83.9 cm³/mol. The normalized spacial score (nSPS) is 12.2. The van der Waals surface area contributed by atoms with Gasteiger partial charge in [0.05, 0.1) is 0 Å². The SMILES string of the molecule is CCCc1ccc(NC(C)c2ccc(Cl)cc2)cc1. The van der Waals surface area contributed by atoms with Crippen LogP contribution < -0.4 is 5.32 Å². The van der Waals surface area contributed by atoms with Crippen LogP contribution in [0.5, 0.6) is 0 Å². The lowest BCUT2D eigenvalue weighted by Crippen LogP contribution is -2.06. The molecule has 1 N–H and O–H groups in total. The Morgan fingerprint density at radius 1 is 1.00 bits per heavy atom. The zero-order valence-corrected chi connectivity index (χ0v) is 12.2. The van der Waals surface area contributed by atoms with E-state index in [1.54, 1.807) is 0 Å². The summed E-state index contributed by atoms with van der Waals surface area (Å²) in [6, 6.07) is 16.9. The van der Waals surface area contributed by atoms with Crippen LogP contribution >= 0.6 is 11.6 Å². The standard InChI is InChI=1S/C17H20ClN/c1-3-4-14-5-11-17(12-6-14)19-13(2)15-7-9-16(18)10-8-15/h5-13,19H,3-4H2,1-2H3. The van der Waals surface area contributed by atoms with Crippen molar-refractivity contribution in [3.05, 3.63) is 64.7 Å². The van der Waals surface area contributed by atoms with Crippen LogP contribution in [-0.4, -0.2) is 0 Å². The number of hydrogen-bond acceptors (Lipinski definition) is 1. The molecule has 0 aliphatic heterocycles. The molecule has 0 saturated heterocycles. The molecular formula is C17H20ClN. The highest BCUT2D eigenvalue weighted by atomic mass is 35.5. The van der Waals surface area contributed by atoms with Gasteiger partial charge < -0.3 is 5.32 Å². The molecule has 0 radical (unpaired) electrons. The van der Waals surface area contributed by atoms with Crippen molar-refractivity contribution in [3.63, 3.8) is 0 Å². The lowest BCUT2D eigenvalue weighted by atomic mass is 10.1. The first-order valence-corrected chi connectivity index (χ1v) is 7.18. The molecule has 0 fully saturated rings. The van der Waals surface area contributed by atoms with E-state index in [4.69, 9.17) is 11.6 Å². The van der Waals surface area contributed by atoms with Gasteiger partial charge in [-0.05, 0) is 48.7 Å². The topological polar surface area (TPSA) is 12.0 Å². The van der Waals surface area contributed by atoms with E-state index in [0.717, 1.165) is 17.1 Å². The van der Waals surface area contributed by atoms with Crippen LogP contribution in [0.15, 0.2) is 48.5 Å². The smallest absolute Gasteiger partial charge is 0.0485 e. The summed E-state index contributed by atoms with van der Waals surface area (Å²) in [5.74, 6) is 0. The maximum Gasteiger partial charge on any atom is 0.0485 e. The Kier molecular flexibility index (Phi) is 4.86. The molecule has 2 aromatic rings. The monoisotopic (exact) mass is 273 g/mol. The second-order valence-electron chi connectivity index (χ2n) is 4.86. The molecule has 19 heavy (non-hydrogen) atoms. The Morgan fingerprint density at radius 2 is 1.63 bits per heavy atom. The second-order valence-corrected chi connectivity index (χ2v) is 5.30. The summed E-state index contributed by atoms with van der Waals surface area (Å²) in [6.45, 7) is 4.36. The lowest BCUT2D eigenvalue weighted by Gasteiger charge is -2.16. The summed E-state index contributed by atoms with van der Waals surface area (Å²) in [5.41, 5.74) is 3.79. The molecule has 0 aliphatic rings. The van der Waals surface area contributed by atoms with Crippen molar-refractivity contribution in [2.45, 2.75) is 32.7 Å². The first kappa shape index (κ1) is 14.0. The third kappa shape index (κ3) is 4.00. The van der Waals surface area contributed by atoms with Crippen LogP contribution in [0.2, 0.25) is 5.02 Å². The largest absolute Gasteiger partial charge is 0.379 e. The molecule has 0 aliphatic carbocycles. The summed E-state index contributed by atoms with van der Waals surface area (Å²) in [5, 5.41) is 4.28. The van der Waals surface area contributed by atoms with Crippen LogP contribution in [0, 0.1) is 0 Å². The van der Waals surface area contributed by atoms with Crippen LogP contribution in [0.1, 0.15) is 37.4 Å². The van der Waals surface area contributed by atoms with Gasteiger partial charge in [-0.3, -0.25) is 0 Å². The Balaban J connectivity index is 2.01. The van der Waals surface area contributed by atoms with Gasteiger partial charge in [-0.25, -0.2) is 0 Å². The number of halogens is 1. The summed E-state index contributed by atoms with van der Waals surface area (Å²) in [6.07, 6.45) is 2.33. The molecule has 2 aromatic carbocycles. The first-order chi connectivity index (χ1) is 9.19. The highest BCUT2D eigenvalue weighted by molar-refractivity contribution is 6.30. The summed E-state index contributed by atoms with van der Waals surface area (Å²) in [7, 11) is 0. The van der Waals surface area contributed by atoms with Crippen molar-refractivity contribution in [1.29, 1.82) is 0 Å². The Morgan fingerprint density at radius 3 is 2.21 bits per heavy atom. The van der Waals surface area contributed by atoms with E-state index in [1.807, 2.05) is 12.1 Å². The van der Waals surface area contributed by atoms with E-state index in [1.165, 1.54) is 17.5 Å². The minimum atomic E-state index is 0.272. The number of benzene rings is 2. The Labute approximate surface area is 120 Å². The van der Waals surface area contributed by atoms with E-state index in [2.05, 4.69) is 55.6 Å². The molecule has 1 nitrogen and oxygen atoms in total. The minimum absolute atomic E-state index is 0.272. The molecule has 2 heteroatoms. The molecule has 1 atom stereocenters. The van der Waals surface area contributed by atoms with Crippen LogP contribution in [0.25, 0.3) is 0 Å². The van der Waals surface area contributed by atoms with E-state index in [-0.39, 0.29) is 6.04 Å². The fourth-order valence-electron chi connectivity index (χ4n) is 2.14. The average molecular weight is 274 g/mol. The lowest BCUT2D eigenvalue weighted by molar-refractivity contribution is 0.883. The predicted octanol–water partition coefficient (Wildman–Crippen LogP) is 5.47. The quantitative estimate of drug-likeness (QED) is 0.762. The van der Waals surface area contributed by atoms with Gasteiger partial charge in [0.1, 0.15) is 0 Å². The number of hydrogen-bond donors (Lipinski definition) is 1. The third-order valence-electron chi connectivity index (χ3n) is 3.25. The summed E-state index contributed by atoms with van der Waals surface area (Å²) in [4.78, 5) is 0. The second kappa shape index (κ2) is 6.63. The molecule has 0 spiro atoms. The number of nitrogens with one attached hydrogen (secondary N) is 1. The van der Waals surface area contributed by atoms with E-state index >= 15 is 0 Å². The van der Waals surface area contributed by atoms with E-state index in [0.29, 0.717) is 0 Å². The highest BCUT2D eigenvalue weighted by Crippen LogP contribution is 2.21. The number of aryl methyl sites for hydroxylation is 1. The van der Waals surface area contributed by atoms with Crippen LogP contribution in [-0.2, 0) is 6.42 Å². The number of rotatable bonds is 5. The molecule has 0 aromatic heterocycles. The number of anilines is 1. The van der Waals surface area contributed by atoms with Crippen molar-refractivity contribution < 1.29 is 0 Å². The van der Waals surface area contributed by atoms with Crippen molar-refractivity contribution in [3.8, 4) is 0 Å². The molecular weight excluding hydrogens is 254 g/mol. The Bertz CT molecular complexity index is 502. The van der Waals surface area contributed by atoms with Gasteiger partial charge in [0.2, 0.25) is 0 Å². The molecule has 2 rings (SSSR count). The molecule has 0 amide bonds. The molecule has 0 bridgehead atoms. The van der Waals surface area contributed by atoms with Crippen molar-refractivity contribution >= 4 is 17.3 Å². The van der Waals surface area contributed by atoms with Crippen LogP contribution in [0.3, 0.4) is 0 Å². The zero-order valence-electron chi connectivity index (χ0n) is 11.5. The summed E-state index contributed by atoms with van der Waals surface area (Å²) >= 11 is 5.90. The highest BCUT2D eigenvalue weighted by Gasteiger charge is 2.05. The summed E-state index contributed by atoms with van der Waals surface area (Å²) < 4.78 is 0. The van der Waals surface area contributed by atoms with Crippen molar-refractivity contribution in [2.24, 2.45) is 0 Å². The van der Waals surface area contributed by atoms with Crippen molar-refractivity contribution in [2.75, 3.05) is 5.32 Å². The van der Waals surface area contributed by atoms with Gasteiger partial charge in [0, 0.05) is 16.8 Å². The van der Waals surface area contributed by atoms with Crippen molar-refractivity contribution in [1.82, 2.24) is 0 Å². The van der Waals surface area contributed by atoms with Gasteiger partial charge in [0.15, 0.2) is 0 Å². The van der Waals surface area contributed by atoms with Gasteiger partial charge in [-0.1, -0.05) is 49.2 Å². The van der Waals surface area contributed by atoms with Gasteiger partial charge >= 0.3 is 0 Å². The first-order valence-electron chi connectivity index (χ1n) is 6.80. The average Bonchev–Trinajstić information content (AvgIpc) is 2.42. The van der Waals surface area contributed by atoms with Gasteiger partial charge in [0.25, 0.3) is 0 Å². The fraction of sp³-hybridized carbons (Fsp3) is 0.294. The molecule has 0 saturated carbocycles. The van der Waals surface area contributed by atoms with E-state index in [9.17, 15) is 0 Å². The fourth-order valence-corrected chi connectivity index (χ4v) is 2.27. The van der Waals surface area contributed by atoms with Gasteiger partial charge in [-0.15, -0.1) is 0 Å². The molecule has 0 heterocycles. The Hall–Kier alpha value is -1.47.